The van der Waals surface area contributed by atoms with E-state index >= 15 is 0 Å². The summed E-state index contributed by atoms with van der Waals surface area (Å²) in [5, 5.41) is 5.19. The fourth-order valence-electron chi connectivity index (χ4n) is 2.85. The van der Waals surface area contributed by atoms with Crippen molar-refractivity contribution in [3.63, 3.8) is 0 Å². The molecule has 1 saturated heterocycles. The standard InChI is InChI=1S/C18H24BrN3O4/c1-20-18(25)14-7-4-10-22(14)17(24)12-21-16(23)9-5-11-26-15-8-3-2-6-13(15)19/h2-3,6,8,14H,4-5,7,9-12H2,1H3,(H,20,25)(H,21,23). The van der Waals surface area contributed by atoms with E-state index in [2.05, 4.69) is 26.6 Å². The first kappa shape index (κ1) is 20.2. The highest BCUT2D eigenvalue weighted by Gasteiger charge is 2.33. The third-order valence-electron chi connectivity index (χ3n) is 4.20. The lowest BCUT2D eigenvalue weighted by Gasteiger charge is -2.23. The number of likely N-dealkylation sites (tertiary alicyclic amines) is 1. The number of ether oxygens (including phenoxy) is 1. The number of carbonyl (C=O) groups excluding carboxylic acids is 3. The third kappa shape index (κ3) is 5.72. The molecule has 1 atom stereocenters. The summed E-state index contributed by atoms with van der Waals surface area (Å²) < 4.78 is 6.47. The van der Waals surface area contributed by atoms with Crippen LogP contribution in [0.2, 0.25) is 0 Å². The summed E-state index contributed by atoms with van der Waals surface area (Å²) in [4.78, 5) is 37.4. The fraction of sp³-hybridized carbons (Fsp3) is 0.500. The first-order valence-corrected chi connectivity index (χ1v) is 9.47. The molecule has 1 heterocycles. The largest absolute Gasteiger partial charge is 0.492 e. The number of hydrogen-bond donors (Lipinski definition) is 2. The van der Waals surface area contributed by atoms with E-state index in [1.807, 2.05) is 24.3 Å². The highest BCUT2D eigenvalue weighted by atomic mass is 79.9. The van der Waals surface area contributed by atoms with Crippen LogP contribution in [0.25, 0.3) is 0 Å². The summed E-state index contributed by atoms with van der Waals surface area (Å²) >= 11 is 3.40. The average Bonchev–Trinajstić information content (AvgIpc) is 3.14. The maximum atomic E-state index is 12.2. The maximum Gasteiger partial charge on any atom is 0.242 e. The molecule has 1 aliphatic rings. The zero-order valence-corrected chi connectivity index (χ0v) is 16.4. The molecule has 7 nitrogen and oxygen atoms in total. The molecule has 0 spiro atoms. The van der Waals surface area contributed by atoms with Gasteiger partial charge in [-0.15, -0.1) is 0 Å². The average molecular weight is 426 g/mol. The number of benzene rings is 1. The quantitative estimate of drug-likeness (QED) is 0.617. The molecule has 1 unspecified atom stereocenters. The van der Waals surface area contributed by atoms with Gasteiger partial charge in [0.15, 0.2) is 0 Å². The topological polar surface area (TPSA) is 87.7 Å². The molecular formula is C18H24BrN3O4. The Balaban J connectivity index is 1.66. The zero-order valence-electron chi connectivity index (χ0n) is 14.8. The van der Waals surface area contributed by atoms with Crippen molar-refractivity contribution in [1.82, 2.24) is 15.5 Å². The lowest BCUT2D eigenvalue weighted by Crippen LogP contribution is -2.48. The molecule has 1 fully saturated rings. The minimum Gasteiger partial charge on any atom is -0.492 e. The molecule has 26 heavy (non-hydrogen) atoms. The predicted molar refractivity (Wildman–Crippen MR) is 101 cm³/mol. The van der Waals surface area contributed by atoms with E-state index in [0.29, 0.717) is 26.0 Å². The van der Waals surface area contributed by atoms with Crippen molar-refractivity contribution in [1.29, 1.82) is 0 Å². The van der Waals surface area contributed by atoms with Crippen molar-refractivity contribution < 1.29 is 19.1 Å². The van der Waals surface area contributed by atoms with Crippen LogP contribution in [0, 0.1) is 0 Å². The Hall–Kier alpha value is -2.09. The second-order valence-corrected chi connectivity index (χ2v) is 6.87. The minimum absolute atomic E-state index is 0.0859. The number of carbonyl (C=O) groups is 3. The van der Waals surface area contributed by atoms with Crippen LogP contribution in [-0.2, 0) is 14.4 Å². The van der Waals surface area contributed by atoms with Gasteiger partial charge in [0.2, 0.25) is 17.7 Å². The van der Waals surface area contributed by atoms with Crippen molar-refractivity contribution in [3.8, 4) is 5.75 Å². The number of likely N-dealkylation sites (N-methyl/N-ethyl adjacent to an activating group) is 1. The number of nitrogens with zero attached hydrogens (tertiary/aromatic N) is 1. The van der Waals surface area contributed by atoms with E-state index in [9.17, 15) is 14.4 Å². The molecule has 0 aliphatic carbocycles. The number of para-hydroxylation sites is 1. The predicted octanol–water partition coefficient (Wildman–Crippen LogP) is 1.46. The summed E-state index contributed by atoms with van der Waals surface area (Å²) in [7, 11) is 1.56. The number of amides is 3. The van der Waals surface area contributed by atoms with E-state index in [1.165, 1.54) is 4.90 Å². The van der Waals surface area contributed by atoms with E-state index < -0.39 is 6.04 Å². The highest BCUT2D eigenvalue weighted by molar-refractivity contribution is 9.10. The molecule has 142 valence electrons. The Kier molecular flexibility index (Phi) is 7.90. The van der Waals surface area contributed by atoms with Crippen LogP contribution in [0.3, 0.4) is 0 Å². The van der Waals surface area contributed by atoms with Gasteiger partial charge in [-0.3, -0.25) is 14.4 Å². The lowest BCUT2D eigenvalue weighted by atomic mass is 10.2. The number of rotatable bonds is 8. The van der Waals surface area contributed by atoms with Gasteiger partial charge in [-0.25, -0.2) is 0 Å². The van der Waals surface area contributed by atoms with Crippen LogP contribution in [0.4, 0.5) is 0 Å². The van der Waals surface area contributed by atoms with Gasteiger partial charge in [-0.05, 0) is 47.3 Å². The number of hydrogen-bond acceptors (Lipinski definition) is 4. The maximum absolute atomic E-state index is 12.2. The zero-order chi connectivity index (χ0) is 18.9. The number of halogens is 1. The molecule has 1 aromatic rings. The van der Waals surface area contributed by atoms with Crippen molar-refractivity contribution in [2.45, 2.75) is 31.7 Å². The van der Waals surface area contributed by atoms with Crippen molar-refractivity contribution in [2.24, 2.45) is 0 Å². The summed E-state index contributed by atoms with van der Waals surface area (Å²) in [6.45, 7) is 0.874. The Morgan fingerprint density at radius 2 is 2.08 bits per heavy atom. The Morgan fingerprint density at radius 1 is 1.31 bits per heavy atom. The second kappa shape index (κ2) is 10.2. The molecular weight excluding hydrogens is 402 g/mol. The van der Waals surface area contributed by atoms with Crippen molar-refractivity contribution in [2.75, 3.05) is 26.7 Å². The summed E-state index contributed by atoms with van der Waals surface area (Å²) in [5.41, 5.74) is 0. The van der Waals surface area contributed by atoms with Crippen LogP contribution in [0.1, 0.15) is 25.7 Å². The molecule has 2 rings (SSSR count). The second-order valence-electron chi connectivity index (χ2n) is 6.02. The molecule has 1 aromatic carbocycles. The molecule has 0 radical (unpaired) electrons. The van der Waals surface area contributed by atoms with Crippen molar-refractivity contribution >= 4 is 33.7 Å². The number of nitrogens with one attached hydrogen (secondary N) is 2. The van der Waals surface area contributed by atoms with Crippen LogP contribution >= 0.6 is 15.9 Å². The van der Waals surface area contributed by atoms with E-state index in [0.717, 1.165) is 16.6 Å². The molecule has 0 saturated carbocycles. The van der Waals surface area contributed by atoms with Gasteiger partial charge >= 0.3 is 0 Å². The molecule has 0 bridgehead atoms. The lowest BCUT2D eigenvalue weighted by molar-refractivity contribution is -0.138. The van der Waals surface area contributed by atoms with Gasteiger partial charge in [-0.1, -0.05) is 12.1 Å². The minimum atomic E-state index is -0.429. The van der Waals surface area contributed by atoms with E-state index in [4.69, 9.17) is 4.74 Å². The Bertz CT molecular complexity index is 653. The molecule has 1 aliphatic heterocycles. The van der Waals surface area contributed by atoms with Gasteiger partial charge in [0.25, 0.3) is 0 Å². The summed E-state index contributed by atoms with van der Waals surface area (Å²) in [6.07, 6.45) is 2.28. The molecule has 0 aromatic heterocycles. The van der Waals surface area contributed by atoms with Crippen LogP contribution < -0.4 is 15.4 Å². The van der Waals surface area contributed by atoms with Gasteiger partial charge in [-0.2, -0.15) is 0 Å². The fourth-order valence-corrected chi connectivity index (χ4v) is 3.24. The highest BCUT2D eigenvalue weighted by Crippen LogP contribution is 2.23. The molecule has 8 heteroatoms. The molecule has 2 N–H and O–H groups in total. The van der Waals surface area contributed by atoms with E-state index in [1.54, 1.807) is 7.05 Å². The van der Waals surface area contributed by atoms with Crippen LogP contribution in [-0.4, -0.2) is 55.4 Å². The monoisotopic (exact) mass is 425 g/mol. The SMILES string of the molecule is CNC(=O)C1CCCN1C(=O)CNC(=O)CCCOc1ccccc1Br. The first-order chi connectivity index (χ1) is 12.5. The van der Waals surface area contributed by atoms with Crippen LogP contribution in [0.5, 0.6) is 5.75 Å². The third-order valence-corrected chi connectivity index (χ3v) is 4.86. The summed E-state index contributed by atoms with van der Waals surface area (Å²) in [6, 6.07) is 7.08. The van der Waals surface area contributed by atoms with Gasteiger partial charge in [0, 0.05) is 20.0 Å². The van der Waals surface area contributed by atoms with E-state index in [-0.39, 0.29) is 30.7 Å². The normalized spacial score (nSPS) is 16.2. The van der Waals surface area contributed by atoms with Gasteiger partial charge in [0.05, 0.1) is 17.6 Å². The van der Waals surface area contributed by atoms with Gasteiger partial charge in [0.1, 0.15) is 11.8 Å². The Morgan fingerprint density at radius 3 is 2.81 bits per heavy atom. The molecule has 3 amide bonds. The van der Waals surface area contributed by atoms with Crippen LogP contribution in [0.15, 0.2) is 28.7 Å². The Labute approximate surface area is 161 Å². The van der Waals surface area contributed by atoms with Gasteiger partial charge < -0.3 is 20.3 Å². The smallest absolute Gasteiger partial charge is 0.242 e. The summed E-state index contributed by atoms with van der Waals surface area (Å²) in [5.74, 6) is 0.141. The first-order valence-electron chi connectivity index (χ1n) is 8.68. The van der Waals surface area contributed by atoms with Crippen molar-refractivity contribution in [3.05, 3.63) is 28.7 Å².